The van der Waals surface area contributed by atoms with E-state index in [9.17, 15) is 27.9 Å². The monoisotopic (exact) mass is 480 g/mol. The van der Waals surface area contributed by atoms with Gasteiger partial charge in [-0.3, -0.25) is 4.79 Å². The van der Waals surface area contributed by atoms with Crippen molar-refractivity contribution in [3.8, 4) is 0 Å². The molecular weight excluding hydrogens is 460 g/mol. The molecule has 0 spiro atoms. The van der Waals surface area contributed by atoms with Crippen LogP contribution in [0.5, 0.6) is 0 Å². The number of rotatable bonds is 5. The van der Waals surface area contributed by atoms with Crippen LogP contribution in [-0.2, 0) is 6.18 Å². The molecule has 5 rings (SSSR count). The van der Waals surface area contributed by atoms with Crippen LogP contribution in [0.1, 0.15) is 53.2 Å². The highest BCUT2D eigenvalue weighted by Gasteiger charge is 2.43. The Morgan fingerprint density at radius 3 is 2.62 bits per heavy atom. The Morgan fingerprint density at radius 2 is 2.03 bits per heavy atom. The quantitative estimate of drug-likeness (QED) is 0.535. The third kappa shape index (κ3) is 3.61. The first-order valence-electron chi connectivity index (χ1n) is 10.7. The molecule has 12 heteroatoms. The number of pyridine rings is 1. The summed E-state index contributed by atoms with van der Waals surface area (Å²) < 4.78 is 65.1. The number of hydrogen-bond acceptors (Lipinski definition) is 6. The van der Waals surface area contributed by atoms with Crippen molar-refractivity contribution in [2.24, 2.45) is 11.7 Å². The van der Waals surface area contributed by atoms with Crippen LogP contribution < -0.4 is 16.1 Å². The van der Waals surface area contributed by atoms with Crippen LogP contribution >= 0.6 is 0 Å². The lowest BCUT2D eigenvalue weighted by Gasteiger charge is -2.27. The van der Waals surface area contributed by atoms with Gasteiger partial charge in [0.05, 0.1) is 28.8 Å². The number of carboxylic acid groups (broad SMARTS) is 1. The number of aromatic nitrogens is 2. The first kappa shape index (κ1) is 22.4. The van der Waals surface area contributed by atoms with Crippen LogP contribution in [-0.4, -0.2) is 33.7 Å². The fourth-order valence-corrected chi connectivity index (χ4v) is 4.73. The summed E-state index contributed by atoms with van der Waals surface area (Å²) in [7, 11) is 0. The van der Waals surface area contributed by atoms with Crippen molar-refractivity contribution in [1.29, 1.82) is 0 Å². The second kappa shape index (κ2) is 7.83. The minimum Gasteiger partial charge on any atom is -0.477 e. The van der Waals surface area contributed by atoms with Crippen molar-refractivity contribution in [2.75, 3.05) is 18.0 Å². The molecule has 3 N–H and O–H groups in total. The van der Waals surface area contributed by atoms with E-state index in [1.165, 1.54) is 17.4 Å². The standard InChI is InChI=1S/C22H20F4N4O4/c23-14-7-12-17(30(11-1-2-11)9-13(19(12)31)21(32)33)15(22(24,25)26)18(14)29-5-3-10(8-29)16(27)20-28-4-6-34-20/h4,6-7,9-11,16H,1-3,5,8,27H2,(H,32,33). The summed E-state index contributed by atoms with van der Waals surface area (Å²) in [6, 6.07) is -0.361. The molecule has 3 heterocycles. The molecule has 0 bridgehead atoms. The first-order chi connectivity index (χ1) is 16.1. The summed E-state index contributed by atoms with van der Waals surface area (Å²) in [4.78, 5) is 29.5. The highest BCUT2D eigenvalue weighted by Crippen LogP contribution is 2.47. The molecule has 1 aromatic carbocycles. The van der Waals surface area contributed by atoms with E-state index in [1.807, 2.05) is 0 Å². The van der Waals surface area contributed by atoms with E-state index < -0.39 is 63.2 Å². The van der Waals surface area contributed by atoms with Gasteiger partial charge in [0.1, 0.15) is 23.2 Å². The van der Waals surface area contributed by atoms with Gasteiger partial charge in [-0.05, 0) is 25.3 Å². The van der Waals surface area contributed by atoms with E-state index >= 15 is 4.39 Å². The number of carboxylic acids is 1. The second-order valence-corrected chi connectivity index (χ2v) is 8.68. The minimum atomic E-state index is -5.01. The fourth-order valence-electron chi connectivity index (χ4n) is 4.73. The summed E-state index contributed by atoms with van der Waals surface area (Å²) >= 11 is 0. The van der Waals surface area contributed by atoms with E-state index in [0.717, 1.165) is 16.8 Å². The smallest absolute Gasteiger partial charge is 0.420 e. The lowest BCUT2D eigenvalue weighted by Crippen LogP contribution is -2.29. The number of fused-ring (bicyclic) bond motifs is 1. The maximum Gasteiger partial charge on any atom is 0.420 e. The average molecular weight is 480 g/mol. The van der Waals surface area contributed by atoms with Crippen LogP contribution in [0, 0.1) is 11.7 Å². The zero-order chi connectivity index (χ0) is 24.4. The molecule has 1 saturated heterocycles. The van der Waals surface area contributed by atoms with Crippen molar-refractivity contribution in [3.05, 3.63) is 57.8 Å². The summed E-state index contributed by atoms with van der Waals surface area (Å²) in [6.45, 7) is 0.126. The third-order valence-electron chi connectivity index (χ3n) is 6.48. The van der Waals surface area contributed by atoms with Gasteiger partial charge < -0.3 is 24.7 Å². The number of halogens is 4. The molecule has 1 saturated carbocycles. The number of anilines is 1. The summed E-state index contributed by atoms with van der Waals surface area (Å²) in [5.74, 6) is -2.92. The molecule has 2 aromatic heterocycles. The molecule has 8 nitrogen and oxygen atoms in total. The fraction of sp³-hybridized carbons (Fsp3) is 0.409. The number of hydrogen-bond donors (Lipinski definition) is 2. The van der Waals surface area contributed by atoms with Crippen LogP contribution in [0.15, 0.2) is 33.9 Å². The van der Waals surface area contributed by atoms with E-state index in [0.29, 0.717) is 19.3 Å². The van der Waals surface area contributed by atoms with Gasteiger partial charge in [-0.25, -0.2) is 14.2 Å². The molecule has 2 fully saturated rings. The Balaban J connectivity index is 1.69. The van der Waals surface area contributed by atoms with Crippen molar-refractivity contribution >= 4 is 22.6 Å². The molecule has 180 valence electrons. The van der Waals surface area contributed by atoms with Gasteiger partial charge in [0.2, 0.25) is 11.3 Å². The van der Waals surface area contributed by atoms with E-state index in [-0.39, 0.29) is 24.9 Å². The van der Waals surface area contributed by atoms with Crippen LogP contribution in [0.25, 0.3) is 10.9 Å². The van der Waals surface area contributed by atoms with E-state index in [2.05, 4.69) is 4.98 Å². The van der Waals surface area contributed by atoms with E-state index in [1.54, 1.807) is 0 Å². The van der Waals surface area contributed by atoms with E-state index in [4.69, 9.17) is 10.2 Å². The van der Waals surface area contributed by atoms with Gasteiger partial charge in [0, 0.05) is 31.2 Å². The topological polar surface area (TPSA) is 115 Å². The molecule has 1 aliphatic carbocycles. The normalized spacial score (nSPS) is 19.7. The molecule has 2 atom stereocenters. The van der Waals surface area contributed by atoms with Gasteiger partial charge in [0.25, 0.3) is 0 Å². The number of alkyl halides is 3. The second-order valence-electron chi connectivity index (χ2n) is 8.68. The van der Waals surface area contributed by atoms with Gasteiger partial charge in [-0.2, -0.15) is 13.2 Å². The van der Waals surface area contributed by atoms with Gasteiger partial charge in [-0.1, -0.05) is 0 Å². The Kier molecular flexibility index (Phi) is 5.15. The number of benzene rings is 1. The molecular formula is C22H20F4N4O4. The lowest BCUT2D eigenvalue weighted by molar-refractivity contribution is -0.136. The molecule has 2 unspecified atom stereocenters. The Morgan fingerprint density at radius 1 is 1.29 bits per heavy atom. The third-order valence-corrected chi connectivity index (χ3v) is 6.48. The Bertz CT molecular complexity index is 1330. The summed E-state index contributed by atoms with van der Waals surface area (Å²) in [5, 5.41) is 8.77. The maximum atomic E-state index is 15.3. The Labute approximate surface area is 189 Å². The molecule has 1 aliphatic heterocycles. The average Bonchev–Trinajstić information content (AvgIpc) is 3.25. The lowest BCUT2D eigenvalue weighted by atomic mass is 9.99. The largest absolute Gasteiger partial charge is 0.477 e. The SMILES string of the molecule is NC(c1ncco1)C1CCN(c2c(F)cc3c(=O)c(C(=O)O)cn(C4CC4)c3c2C(F)(F)F)C1. The molecule has 0 amide bonds. The van der Waals surface area contributed by atoms with Crippen LogP contribution in [0.4, 0.5) is 23.2 Å². The molecule has 3 aromatic rings. The molecule has 2 aliphatic rings. The van der Waals surface area contributed by atoms with Crippen molar-refractivity contribution in [2.45, 2.75) is 37.5 Å². The van der Waals surface area contributed by atoms with Crippen molar-refractivity contribution in [3.63, 3.8) is 0 Å². The van der Waals surface area contributed by atoms with Crippen LogP contribution in [0.2, 0.25) is 0 Å². The zero-order valence-corrected chi connectivity index (χ0v) is 17.7. The van der Waals surface area contributed by atoms with Crippen LogP contribution in [0.3, 0.4) is 0 Å². The van der Waals surface area contributed by atoms with Crippen molar-refractivity contribution < 1.29 is 31.9 Å². The van der Waals surface area contributed by atoms with Gasteiger partial charge >= 0.3 is 12.1 Å². The number of aromatic carboxylic acids is 1. The first-order valence-corrected chi connectivity index (χ1v) is 10.7. The number of nitrogens with two attached hydrogens (primary N) is 1. The minimum absolute atomic E-state index is 0.0237. The number of carbonyl (C=O) groups is 1. The summed E-state index contributed by atoms with van der Waals surface area (Å²) in [5.41, 5.74) is 1.88. The molecule has 0 radical (unpaired) electrons. The zero-order valence-electron chi connectivity index (χ0n) is 17.7. The number of nitrogens with zero attached hydrogens (tertiary/aromatic N) is 3. The van der Waals surface area contributed by atoms with Crippen molar-refractivity contribution in [1.82, 2.24) is 9.55 Å². The molecule has 34 heavy (non-hydrogen) atoms. The maximum absolute atomic E-state index is 15.3. The predicted octanol–water partition coefficient (Wildman–Crippen LogP) is 3.71. The Hall–Kier alpha value is -3.41. The highest BCUT2D eigenvalue weighted by molar-refractivity contribution is 5.95. The van der Waals surface area contributed by atoms with Gasteiger partial charge in [0.15, 0.2) is 0 Å². The highest BCUT2D eigenvalue weighted by atomic mass is 19.4. The summed E-state index contributed by atoms with van der Waals surface area (Å²) in [6.07, 6.45) is 0.116. The number of oxazole rings is 1. The predicted molar refractivity (Wildman–Crippen MR) is 112 cm³/mol. The van der Waals surface area contributed by atoms with Gasteiger partial charge in [-0.15, -0.1) is 0 Å².